The van der Waals surface area contributed by atoms with Crippen LogP contribution in [0.1, 0.15) is 17.3 Å². The van der Waals surface area contributed by atoms with Crippen molar-refractivity contribution in [3.05, 3.63) is 42.0 Å². The summed E-state index contributed by atoms with van der Waals surface area (Å²) in [4.78, 5) is 23.4. The van der Waals surface area contributed by atoms with E-state index in [1.165, 1.54) is 28.3 Å². The first kappa shape index (κ1) is 19.1. The number of ketones is 1. The number of Topliss-reactive ketones (excluding diaryl/α,β-unsaturated/α-hetero) is 1. The number of amides is 1. The Morgan fingerprint density at radius 1 is 0.885 bits per heavy atom. The number of rotatable bonds is 8. The minimum Gasteiger partial charge on any atom is -0.493 e. The zero-order chi connectivity index (χ0) is 19.1. The first-order chi connectivity index (χ1) is 12.5. The summed E-state index contributed by atoms with van der Waals surface area (Å²) in [5.41, 5.74) is 1.89. The molecule has 0 heterocycles. The predicted octanol–water partition coefficient (Wildman–Crippen LogP) is 2.97. The Kier molecular flexibility index (Phi) is 6.43. The highest BCUT2D eigenvalue weighted by atomic mass is 16.5. The number of anilines is 2. The van der Waals surface area contributed by atoms with Crippen LogP contribution in [-0.4, -0.2) is 39.6 Å². The number of hydrogen-bond donors (Lipinski definition) is 2. The molecule has 0 aromatic heterocycles. The topological polar surface area (TPSA) is 85.9 Å². The van der Waals surface area contributed by atoms with Crippen LogP contribution in [0.2, 0.25) is 0 Å². The van der Waals surface area contributed by atoms with Gasteiger partial charge in [-0.15, -0.1) is 0 Å². The highest BCUT2D eigenvalue weighted by Crippen LogP contribution is 2.39. The van der Waals surface area contributed by atoms with E-state index in [4.69, 9.17) is 14.2 Å². The zero-order valence-electron chi connectivity index (χ0n) is 15.2. The van der Waals surface area contributed by atoms with Crippen LogP contribution in [0.15, 0.2) is 36.4 Å². The molecule has 0 radical (unpaired) electrons. The third-order valence-corrected chi connectivity index (χ3v) is 3.69. The van der Waals surface area contributed by atoms with E-state index in [9.17, 15) is 9.59 Å². The molecular weight excluding hydrogens is 336 g/mol. The molecule has 0 fully saturated rings. The van der Waals surface area contributed by atoms with Crippen molar-refractivity contribution in [2.24, 2.45) is 0 Å². The molecule has 0 atom stereocenters. The standard InChI is InChI=1S/C19H22N2O5/c1-12(22)13-5-7-14(8-6-13)20-11-18(23)21-15-9-16(24-2)19(26-4)17(10-15)25-3/h5-10,20H,11H2,1-4H3,(H,21,23). The lowest BCUT2D eigenvalue weighted by atomic mass is 10.1. The van der Waals surface area contributed by atoms with E-state index in [-0.39, 0.29) is 18.2 Å². The number of methoxy groups -OCH3 is 3. The van der Waals surface area contributed by atoms with Crippen LogP contribution in [0.25, 0.3) is 0 Å². The van der Waals surface area contributed by atoms with E-state index in [0.29, 0.717) is 28.5 Å². The number of carbonyl (C=O) groups excluding carboxylic acids is 2. The van der Waals surface area contributed by atoms with Gasteiger partial charge in [0.1, 0.15) is 0 Å². The molecule has 0 saturated heterocycles. The van der Waals surface area contributed by atoms with Crippen molar-refractivity contribution in [2.45, 2.75) is 6.92 Å². The molecule has 2 N–H and O–H groups in total. The lowest BCUT2D eigenvalue weighted by Gasteiger charge is -2.15. The van der Waals surface area contributed by atoms with Gasteiger partial charge in [0.25, 0.3) is 0 Å². The summed E-state index contributed by atoms with van der Waals surface area (Å²) in [6.07, 6.45) is 0. The molecule has 7 heteroatoms. The molecule has 0 spiro atoms. The molecule has 0 aliphatic heterocycles. The molecule has 138 valence electrons. The van der Waals surface area contributed by atoms with Gasteiger partial charge >= 0.3 is 0 Å². The van der Waals surface area contributed by atoms with Gasteiger partial charge in [0, 0.05) is 29.1 Å². The fraction of sp³-hybridized carbons (Fsp3) is 0.263. The Labute approximate surface area is 152 Å². The molecule has 7 nitrogen and oxygen atoms in total. The van der Waals surface area contributed by atoms with Crippen LogP contribution >= 0.6 is 0 Å². The predicted molar refractivity (Wildman–Crippen MR) is 99.7 cm³/mol. The summed E-state index contributed by atoms with van der Waals surface area (Å²) < 4.78 is 15.8. The van der Waals surface area contributed by atoms with Gasteiger partial charge in [-0.25, -0.2) is 0 Å². The average Bonchev–Trinajstić information content (AvgIpc) is 2.65. The first-order valence-corrected chi connectivity index (χ1v) is 7.93. The third-order valence-electron chi connectivity index (χ3n) is 3.69. The van der Waals surface area contributed by atoms with E-state index in [1.807, 2.05) is 0 Å². The van der Waals surface area contributed by atoms with Gasteiger partial charge in [-0.05, 0) is 31.2 Å². The van der Waals surface area contributed by atoms with Crippen LogP contribution in [0.3, 0.4) is 0 Å². The monoisotopic (exact) mass is 358 g/mol. The van der Waals surface area contributed by atoms with E-state index < -0.39 is 0 Å². The van der Waals surface area contributed by atoms with E-state index in [0.717, 1.165) is 5.69 Å². The molecular formula is C19H22N2O5. The SMILES string of the molecule is COc1cc(NC(=O)CNc2ccc(C(C)=O)cc2)cc(OC)c1OC. The van der Waals surface area contributed by atoms with Gasteiger partial charge in [-0.1, -0.05) is 0 Å². The first-order valence-electron chi connectivity index (χ1n) is 7.93. The van der Waals surface area contributed by atoms with Crippen molar-refractivity contribution in [3.8, 4) is 17.2 Å². The van der Waals surface area contributed by atoms with E-state index in [2.05, 4.69) is 10.6 Å². The maximum Gasteiger partial charge on any atom is 0.243 e. The van der Waals surface area contributed by atoms with Crippen LogP contribution in [-0.2, 0) is 4.79 Å². The minimum atomic E-state index is -0.241. The highest BCUT2D eigenvalue weighted by molar-refractivity contribution is 5.95. The van der Waals surface area contributed by atoms with Crippen molar-refractivity contribution in [1.82, 2.24) is 0 Å². The molecule has 0 saturated carbocycles. The number of hydrogen-bond acceptors (Lipinski definition) is 6. The third kappa shape index (κ3) is 4.66. The van der Waals surface area contributed by atoms with Crippen molar-refractivity contribution in [3.63, 3.8) is 0 Å². The maximum atomic E-state index is 12.2. The summed E-state index contributed by atoms with van der Waals surface area (Å²) in [5.74, 6) is 1.12. The largest absolute Gasteiger partial charge is 0.493 e. The molecule has 0 bridgehead atoms. The summed E-state index contributed by atoms with van der Waals surface area (Å²) >= 11 is 0. The fourth-order valence-electron chi connectivity index (χ4n) is 2.36. The zero-order valence-corrected chi connectivity index (χ0v) is 15.2. The Morgan fingerprint density at radius 3 is 1.92 bits per heavy atom. The summed E-state index contributed by atoms with van der Waals surface area (Å²) in [6, 6.07) is 10.2. The number of carbonyl (C=O) groups is 2. The van der Waals surface area contributed by atoms with Crippen molar-refractivity contribution < 1.29 is 23.8 Å². The van der Waals surface area contributed by atoms with Crippen molar-refractivity contribution >= 4 is 23.1 Å². The van der Waals surface area contributed by atoms with Gasteiger partial charge in [-0.2, -0.15) is 0 Å². The van der Waals surface area contributed by atoms with Gasteiger partial charge in [0.15, 0.2) is 17.3 Å². The van der Waals surface area contributed by atoms with Crippen molar-refractivity contribution in [1.29, 1.82) is 0 Å². The molecule has 2 rings (SSSR count). The second-order valence-electron chi connectivity index (χ2n) is 5.45. The van der Waals surface area contributed by atoms with Gasteiger partial charge in [0.05, 0.1) is 27.9 Å². The normalized spacial score (nSPS) is 10.0. The smallest absolute Gasteiger partial charge is 0.243 e. The Balaban J connectivity index is 2.02. The fourth-order valence-corrected chi connectivity index (χ4v) is 2.36. The average molecular weight is 358 g/mol. The number of nitrogens with one attached hydrogen (secondary N) is 2. The second-order valence-corrected chi connectivity index (χ2v) is 5.45. The van der Waals surface area contributed by atoms with Crippen LogP contribution in [0, 0.1) is 0 Å². The number of benzene rings is 2. The lowest BCUT2D eigenvalue weighted by molar-refractivity contribution is -0.114. The molecule has 2 aromatic carbocycles. The molecule has 1 amide bonds. The van der Waals surface area contributed by atoms with Gasteiger partial charge in [-0.3, -0.25) is 9.59 Å². The summed E-state index contributed by atoms with van der Waals surface area (Å²) in [5, 5.41) is 5.77. The van der Waals surface area contributed by atoms with Gasteiger partial charge < -0.3 is 24.8 Å². The Hall–Kier alpha value is -3.22. The van der Waals surface area contributed by atoms with Crippen LogP contribution < -0.4 is 24.8 Å². The molecule has 2 aromatic rings. The van der Waals surface area contributed by atoms with E-state index in [1.54, 1.807) is 36.4 Å². The quantitative estimate of drug-likeness (QED) is 0.706. The summed E-state index contributed by atoms with van der Waals surface area (Å²) in [6.45, 7) is 1.57. The van der Waals surface area contributed by atoms with E-state index >= 15 is 0 Å². The molecule has 26 heavy (non-hydrogen) atoms. The minimum absolute atomic E-state index is 0.00306. The summed E-state index contributed by atoms with van der Waals surface area (Å²) in [7, 11) is 4.53. The Morgan fingerprint density at radius 2 is 1.46 bits per heavy atom. The van der Waals surface area contributed by atoms with Crippen LogP contribution in [0.5, 0.6) is 17.2 Å². The van der Waals surface area contributed by atoms with Gasteiger partial charge in [0.2, 0.25) is 11.7 Å². The lowest BCUT2D eigenvalue weighted by Crippen LogP contribution is -2.21. The second kappa shape index (κ2) is 8.75. The molecule has 0 aliphatic carbocycles. The Bertz CT molecular complexity index is 762. The molecule has 0 unspecified atom stereocenters. The van der Waals surface area contributed by atoms with Crippen LogP contribution in [0.4, 0.5) is 11.4 Å². The number of ether oxygens (including phenoxy) is 3. The van der Waals surface area contributed by atoms with Crippen molar-refractivity contribution in [2.75, 3.05) is 38.5 Å². The molecule has 0 aliphatic rings. The highest BCUT2D eigenvalue weighted by Gasteiger charge is 2.14. The maximum absolute atomic E-state index is 12.2.